The third-order valence-electron chi connectivity index (χ3n) is 4.08. The minimum Gasteiger partial charge on any atom is -0.338 e. The Balaban J connectivity index is 2.10. The number of anilines is 1. The number of carbonyl (C=O) groups is 1. The summed E-state index contributed by atoms with van der Waals surface area (Å²) in [7, 11) is 0. The second-order valence-corrected chi connectivity index (χ2v) is 5.72. The lowest BCUT2D eigenvalue weighted by Gasteiger charge is -2.18. The van der Waals surface area contributed by atoms with Crippen LogP contribution in [0.5, 0.6) is 0 Å². The molecule has 0 saturated carbocycles. The lowest BCUT2D eigenvalue weighted by Crippen LogP contribution is -2.29. The highest BCUT2D eigenvalue weighted by Gasteiger charge is 2.28. The normalized spacial score (nSPS) is 19.0. The van der Waals surface area contributed by atoms with Gasteiger partial charge in [0, 0.05) is 18.7 Å². The van der Waals surface area contributed by atoms with Gasteiger partial charge in [-0.25, -0.2) is 0 Å². The maximum atomic E-state index is 12.4. The van der Waals surface area contributed by atoms with Crippen LogP contribution in [-0.2, 0) is 0 Å². The van der Waals surface area contributed by atoms with Crippen LogP contribution in [0.3, 0.4) is 0 Å². The van der Waals surface area contributed by atoms with E-state index in [-0.39, 0.29) is 5.91 Å². The van der Waals surface area contributed by atoms with Gasteiger partial charge in [0.25, 0.3) is 5.91 Å². The van der Waals surface area contributed by atoms with Crippen LogP contribution in [0, 0.1) is 18.8 Å². The van der Waals surface area contributed by atoms with Crippen molar-refractivity contribution in [3.63, 3.8) is 0 Å². The molecule has 0 radical (unpaired) electrons. The van der Waals surface area contributed by atoms with Crippen molar-refractivity contribution in [2.24, 2.45) is 17.7 Å². The molecule has 1 fully saturated rings. The fraction of sp³-hybridized carbons (Fsp3) is 0.533. The fourth-order valence-corrected chi connectivity index (χ4v) is 2.66. The zero-order valence-corrected chi connectivity index (χ0v) is 11.9. The zero-order valence-electron chi connectivity index (χ0n) is 11.9. The number of rotatable bonds is 3. The monoisotopic (exact) mass is 261 g/mol. The van der Waals surface area contributed by atoms with Crippen LogP contribution in [-0.4, -0.2) is 23.9 Å². The van der Waals surface area contributed by atoms with E-state index in [2.05, 4.69) is 19.3 Å². The van der Waals surface area contributed by atoms with E-state index in [1.54, 1.807) is 0 Å². The molecular weight excluding hydrogens is 238 g/mol. The van der Waals surface area contributed by atoms with Crippen LogP contribution in [0.4, 0.5) is 5.69 Å². The van der Waals surface area contributed by atoms with Gasteiger partial charge in [-0.3, -0.25) is 10.6 Å². The smallest absolute Gasteiger partial charge is 0.253 e. The molecule has 1 aliphatic rings. The van der Waals surface area contributed by atoms with Crippen molar-refractivity contribution in [2.75, 3.05) is 18.5 Å². The minimum absolute atomic E-state index is 0.134. The molecule has 4 nitrogen and oxygen atoms in total. The molecule has 0 bridgehead atoms. The number of aryl methyl sites for hydroxylation is 1. The SMILES string of the molecule is Cc1cc(C(=O)N2CCC(C(C)C)C2)ccc1NN. The number of hydrazine groups is 1. The van der Waals surface area contributed by atoms with Gasteiger partial charge in [0.2, 0.25) is 0 Å². The number of hydrogen-bond donors (Lipinski definition) is 2. The number of nitrogen functional groups attached to an aromatic ring is 1. The van der Waals surface area contributed by atoms with Crippen molar-refractivity contribution < 1.29 is 4.79 Å². The summed E-state index contributed by atoms with van der Waals surface area (Å²) < 4.78 is 0. The van der Waals surface area contributed by atoms with Crippen molar-refractivity contribution in [3.8, 4) is 0 Å². The van der Waals surface area contributed by atoms with E-state index in [9.17, 15) is 4.79 Å². The summed E-state index contributed by atoms with van der Waals surface area (Å²) in [5.74, 6) is 6.82. The molecule has 0 aromatic heterocycles. The zero-order chi connectivity index (χ0) is 14.0. The molecule has 19 heavy (non-hydrogen) atoms. The molecule has 3 N–H and O–H groups in total. The van der Waals surface area contributed by atoms with Crippen molar-refractivity contribution in [2.45, 2.75) is 27.2 Å². The topological polar surface area (TPSA) is 58.4 Å². The van der Waals surface area contributed by atoms with Crippen LogP contribution in [0.15, 0.2) is 18.2 Å². The summed E-state index contributed by atoms with van der Waals surface area (Å²) >= 11 is 0. The molecular formula is C15H23N3O. The first-order valence-corrected chi connectivity index (χ1v) is 6.89. The average Bonchev–Trinajstić information content (AvgIpc) is 2.87. The van der Waals surface area contributed by atoms with Crippen LogP contribution in [0.1, 0.15) is 36.2 Å². The second kappa shape index (κ2) is 5.61. The Morgan fingerprint density at radius 2 is 2.21 bits per heavy atom. The third-order valence-corrected chi connectivity index (χ3v) is 4.08. The molecule has 4 heteroatoms. The lowest BCUT2D eigenvalue weighted by molar-refractivity contribution is 0.0784. The number of likely N-dealkylation sites (tertiary alicyclic amines) is 1. The fourth-order valence-electron chi connectivity index (χ4n) is 2.66. The molecule has 1 unspecified atom stereocenters. The van der Waals surface area contributed by atoms with E-state index in [0.29, 0.717) is 11.8 Å². The Hall–Kier alpha value is -1.55. The maximum Gasteiger partial charge on any atom is 0.253 e. The van der Waals surface area contributed by atoms with Crippen LogP contribution < -0.4 is 11.3 Å². The van der Waals surface area contributed by atoms with E-state index >= 15 is 0 Å². The Bertz CT molecular complexity index is 470. The van der Waals surface area contributed by atoms with E-state index in [1.807, 2.05) is 30.0 Å². The number of benzene rings is 1. The summed E-state index contributed by atoms with van der Waals surface area (Å²) in [5, 5.41) is 0. The van der Waals surface area contributed by atoms with Crippen molar-refractivity contribution in [3.05, 3.63) is 29.3 Å². The minimum atomic E-state index is 0.134. The third kappa shape index (κ3) is 2.89. The summed E-state index contributed by atoms with van der Waals surface area (Å²) in [6, 6.07) is 5.60. The van der Waals surface area contributed by atoms with Gasteiger partial charge in [0.05, 0.1) is 5.69 Å². The molecule has 1 amide bonds. The molecule has 1 aliphatic heterocycles. The van der Waals surface area contributed by atoms with E-state index in [1.165, 1.54) is 0 Å². The number of nitrogens with one attached hydrogen (secondary N) is 1. The molecule has 104 valence electrons. The number of nitrogens with zero attached hydrogens (tertiary/aromatic N) is 1. The standard InChI is InChI=1S/C15H23N3O/c1-10(2)13-6-7-18(9-13)15(19)12-4-5-14(17-16)11(3)8-12/h4-5,8,10,13,17H,6-7,9,16H2,1-3H3. The maximum absolute atomic E-state index is 12.4. The van der Waals surface area contributed by atoms with Gasteiger partial charge >= 0.3 is 0 Å². The van der Waals surface area contributed by atoms with Gasteiger partial charge < -0.3 is 10.3 Å². The van der Waals surface area contributed by atoms with Crippen molar-refractivity contribution >= 4 is 11.6 Å². The molecule has 1 aromatic carbocycles. The first-order chi connectivity index (χ1) is 9.02. The summed E-state index contributed by atoms with van der Waals surface area (Å²) in [4.78, 5) is 14.4. The van der Waals surface area contributed by atoms with Gasteiger partial charge in [-0.2, -0.15) is 0 Å². The van der Waals surface area contributed by atoms with Crippen LogP contribution in [0.25, 0.3) is 0 Å². The van der Waals surface area contributed by atoms with E-state index in [0.717, 1.165) is 36.3 Å². The van der Waals surface area contributed by atoms with Crippen molar-refractivity contribution in [1.29, 1.82) is 0 Å². The molecule has 1 saturated heterocycles. The highest BCUT2D eigenvalue weighted by Crippen LogP contribution is 2.25. The highest BCUT2D eigenvalue weighted by molar-refractivity contribution is 5.95. The molecule has 2 rings (SSSR count). The number of hydrogen-bond acceptors (Lipinski definition) is 3. The van der Waals surface area contributed by atoms with E-state index in [4.69, 9.17) is 5.84 Å². The van der Waals surface area contributed by atoms with Gasteiger partial charge in [-0.15, -0.1) is 0 Å². The Morgan fingerprint density at radius 1 is 1.47 bits per heavy atom. The first-order valence-electron chi connectivity index (χ1n) is 6.89. The Morgan fingerprint density at radius 3 is 2.74 bits per heavy atom. The lowest BCUT2D eigenvalue weighted by atomic mass is 9.95. The molecule has 1 aromatic rings. The quantitative estimate of drug-likeness (QED) is 0.649. The van der Waals surface area contributed by atoms with Gasteiger partial charge in [0.1, 0.15) is 0 Å². The first kappa shape index (κ1) is 13.9. The van der Waals surface area contributed by atoms with Crippen LogP contribution >= 0.6 is 0 Å². The van der Waals surface area contributed by atoms with Gasteiger partial charge in [0.15, 0.2) is 0 Å². The molecule has 1 heterocycles. The predicted octanol–water partition coefficient (Wildman–Crippen LogP) is 2.40. The second-order valence-electron chi connectivity index (χ2n) is 5.72. The predicted molar refractivity (Wildman–Crippen MR) is 77.8 cm³/mol. The molecule has 0 spiro atoms. The van der Waals surface area contributed by atoms with Crippen molar-refractivity contribution in [1.82, 2.24) is 4.90 Å². The molecule has 1 atom stereocenters. The van der Waals surface area contributed by atoms with E-state index < -0.39 is 0 Å². The number of amides is 1. The van der Waals surface area contributed by atoms with Gasteiger partial charge in [-0.05, 0) is 48.9 Å². The summed E-state index contributed by atoms with van der Waals surface area (Å²) in [6.45, 7) is 8.16. The summed E-state index contributed by atoms with van der Waals surface area (Å²) in [5.41, 5.74) is 5.23. The Kier molecular flexibility index (Phi) is 4.10. The number of nitrogens with two attached hydrogens (primary N) is 1. The highest BCUT2D eigenvalue weighted by atomic mass is 16.2. The number of carbonyl (C=O) groups excluding carboxylic acids is 1. The largest absolute Gasteiger partial charge is 0.338 e. The molecule has 0 aliphatic carbocycles. The van der Waals surface area contributed by atoms with Gasteiger partial charge in [-0.1, -0.05) is 13.8 Å². The summed E-state index contributed by atoms with van der Waals surface area (Å²) in [6.07, 6.45) is 1.12. The van der Waals surface area contributed by atoms with Crippen LogP contribution in [0.2, 0.25) is 0 Å². The Labute approximate surface area is 114 Å². The average molecular weight is 261 g/mol.